The third-order valence-electron chi connectivity index (χ3n) is 4.22. The van der Waals surface area contributed by atoms with Crippen LogP contribution in [-0.2, 0) is 0 Å². The number of halogens is 1. The standard InChI is InChI=1S/C18H31FN2/c1-7-9-14(4)21(6)18-11-13(3)17(19)12-16(18)15(5)20-10-8-2/h11-12,14-15,20H,7-10H2,1-6H3. The van der Waals surface area contributed by atoms with Gasteiger partial charge in [-0.05, 0) is 63.4 Å². The van der Waals surface area contributed by atoms with E-state index in [0.717, 1.165) is 37.1 Å². The topological polar surface area (TPSA) is 15.3 Å². The van der Waals surface area contributed by atoms with Gasteiger partial charge in [0.25, 0.3) is 0 Å². The Morgan fingerprint density at radius 1 is 1.19 bits per heavy atom. The van der Waals surface area contributed by atoms with Crippen molar-refractivity contribution in [3.8, 4) is 0 Å². The summed E-state index contributed by atoms with van der Waals surface area (Å²) >= 11 is 0. The fraction of sp³-hybridized carbons (Fsp3) is 0.667. The quantitative estimate of drug-likeness (QED) is 0.739. The molecular weight excluding hydrogens is 263 g/mol. The number of anilines is 1. The van der Waals surface area contributed by atoms with Crippen LogP contribution in [0.25, 0.3) is 0 Å². The molecule has 0 spiro atoms. The number of benzene rings is 1. The SMILES string of the molecule is CCCNC(C)c1cc(F)c(C)cc1N(C)C(C)CCC. The summed E-state index contributed by atoms with van der Waals surface area (Å²) in [5.41, 5.74) is 2.91. The molecule has 1 rings (SSSR count). The molecule has 0 aliphatic carbocycles. The average Bonchev–Trinajstić information content (AvgIpc) is 2.46. The van der Waals surface area contributed by atoms with Gasteiger partial charge in [0.2, 0.25) is 0 Å². The third-order valence-corrected chi connectivity index (χ3v) is 4.22. The first-order chi connectivity index (χ1) is 9.92. The van der Waals surface area contributed by atoms with Crippen molar-refractivity contribution >= 4 is 5.69 Å². The van der Waals surface area contributed by atoms with Crippen molar-refractivity contribution in [2.75, 3.05) is 18.5 Å². The minimum atomic E-state index is -0.115. The molecule has 2 atom stereocenters. The molecule has 0 amide bonds. The highest BCUT2D eigenvalue weighted by Crippen LogP contribution is 2.30. The van der Waals surface area contributed by atoms with Crippen LogP contribution in [0.5, 0.6) is 0 Å². The Bertz CT molecular complexity index is 445. The summed E-state index contributed by atoms with van der Waals surface area (Å²) in [5.74, 6) is -0.115. The van der Waals surface area contributed by atoms with E-state index in [0.29, 0.717) is 11.6 Å². The highest BCUT2D eigenvalue weighted by Gasteiger charge is 2.18. The van der Waals surface area contributed by atoms with Crippen molar-refractivity contribution in [1.29, 1.82) is 0 Å². The van der Waals surface area contributed by atoms with Crippen LogP contribution in [0.4, 0.5) is 10.1 Å². The number of aryl methyl sites for hydroxylation is 1. The summed E-state index contributed by atoms with van der Waals surface area (Å²) in [5, 5.41) is 3.47. The minimum Gasteiger partial charge on any atom is -0.372 e. The predicted molar refractivity (Wildman–Crippen MR) is 90.6 cm³/mol. The Morgan fingerprint density at radius 2 is 1.86 bits per heavy atom. The Labute approximate surface area is 129 Å². The first-order valence-corrected chi connectivity index (χ1v) is 8.18. The summed E-state index contributed by atoms with van der Waals surface area (Å²) in [4.78, 5) is 2.29. The lowest BCUT2D eigenvalue weighted by atomic mass is 10.0. The average molecular weight is 294 g/mol. The van der Waals surface area contributed by atoms with Gasteiger partial charge in [-0.25, -0.2) is 4.39 Å². The molecule has 0 aliphatic rings. The van der Waals surface area contributed by atoms with Gasteiger partial charge in [-0.2, -0.15) is 0 Å². The van der Waals surface area contributed by atoms with Crippen LogP contribution in [0.2, 0.25) is 0 Å². The molecule has 0 saturated heterocycles. The molecule has 0 bridgehead atoms. The Balaban J connectivity index is 3.12. The van der Waals surface area contributed by atoms with E-state index in [1.807, 2.05) is 13.0 Å². The second kappa shape index (κ2) is 8.38. The minimum absolute atomic E-state index is 0.115. The van der Waals surface area contributed by atoms with E-state index in [2.05, 4.69) is 45.0 Å². The fourth-order valence-electron chi connectivity index (χ4n) is 2.65. The smallest absolute Gasteiger partial charge is 0.126 e. The zero-order chi connectivity index (χ0) is 16.0. The Hall–Kier alpha value is -1.09. The molecule has 0 saturated carbocycles. The normalized spacial score (nSPS) is 14.0. The number of hydrogen-bond acceptors (Lipinski definition) is 2. The van der Waals surface area contributed by atoms with Gasteiger partial charge in [-0.3, -0.25) is 0 Å². The van der Waals surface area contributed by atoms with Crippen LogP contribution in [-0.4, -0.2) is 19.6 Å². The van der Waals surface area contributed by atoms with E-state index in [9.17, 15) is 4.39 Å². The molecule has 3 heteroatoms. The van der Waals surface area contributed by atoms with Crippen molar-refractivity contribution in [3.05, 3.63) is 29.1 Å². The molecule has 2 nitrogen and oxygen atoms in total. The number of nitrogens with one attached hydrogen (secondary N) is 1. The molecule has 0 fully saturated rings. The molecule has 1 aromatic carbocycles. The Morgan fingerprint density at radius 3 is 2.43 bits per heavy atom. The predicted octanol–water partition coefficient (Wildman–Crippen LogP) is 4.82. The summed E-state index contributed by atoms with van der Waals surface area (Å²) < 4.78 is 14.0. The zero-order valence-corrected chi connectivity index (χ0v) is 14.5. The van der Waals surface area contributed by atoms with E-state index >= 15 is 0 Å². The number of rotatable bonds is 8. The second-order valence-corrected chi connectivity index (χ2v) is 6.08. The molecule has 21 heavy (non-hydrogen) atoms. The molecule has 1 N–H and O–H groups in total. The highest BCUT2D eigenvalue weighted by atomic mass is 19.1. The van der Waals surface area contributed by atoms with Crippen LogP contribution >= 0.6 is 0 Å². The molecule has 120 valence electrons. The van der Waals surface area contributed by atoms with Crippen LogP contribution in [0.3, 0.4) is 0 Å². The van der Waals surface area contributed by atoms with Gasteiger partial charge in [-0.1, -0.05) is 20.3 Å². The van der Waals surface area contributed by atoms with Gasteiger partial charge < -0.3 is 10.2 Å². The lowest BCUT2D eigenvalue weighted by molar-refractivity contribution is 0.553. The van der Waals surface area contributed by atoms with E-state index in [4.69, 9.17) is 0 Å². The summed E-state index contributed by atoms with van der Waals surface area (Å²) in [6.07, 6.45) is 3.38. The molecule has 1 aromatic rings. The first-order valence-electron chi connectivity index (χ1n) is 8.18. The maximum atomic E-state index is 14.0. The highest BCUT2D eigenvalue weighted by molar-refractivity contribution is 5.57. The van der Waals surface area contributed by atoms with Gasteiger partial charge in [0, 0.05) is 24.8 Å². The third kappa shape index (κ3) is 4.70. The van der Waals surface area contributed by atoms with Crippen molar-refractivity contribution in [2.24, 2.45) is 0 Å². The molecule has 2 unspecified atom stereocenters. The van der Waals surface area contributed by atoms with Gasteiger partial charge in [0.1, 0.15) is 5.82 Å². The monoisotopic (exact) mass is 294 g/mol. The zero-order valence-electron chi connectivity index (χ0n) is 14.5. The van der Waals surface area contributed by atoms with E-state index in [1.54, 1.807) is 6.07 Å². The van der Waals surface area contributed by atoms with Crippen molar-refractivity contribution in [1.82, 2.24) is 5.32 Å². The maximum Gasteiger partial charge on any atom is 0.126 e. The molecule has 0 heterocycles. The summed E-state index contributed by atoms with van der Waals surface area (Å²) in [6, 6.07) is 4.30. The van der Waals surface area contributed by atoms with Crippen LogP contribution in [0.15, 0.2) is 12.1 Å². The Kier molecular flexibility index (Phi) is 7.16. The van der Waals surface area contributed by atoms with E-state index in [-0.39, 0.29) is 11.9 Å². The van der Waals surface area contributed by atoms with Crippen molar-refractivity contribution < 1.29 is 4.39 Å². The molecular formula is C18H31FN2. The molecule has 0 aliphatic heterocycles. The summed E-state index contributed by atoms with van der Waals surface area (Å²) in [7, 11) is 2.11. The van der Waals surface area contributed by atoms with Crippen molar-refractivity contribution in [2.45, 2.75) is 66.0 Å². The van der Waals surface area contributed by atoms with Crippen molar-refractivity contribution in [3.63, 3.8) is 0 Å². The van der Waals surface area contributed by atoms with E-state index < -0.39 is 0 Å². The summed E-state index contributed by atoms with van der Waals surface area (Å²) in [6.45, 7) is 11.5. The number of hydrogen-bond donors (Lipinski definition) is 1. The van der Waals surface area contributed by atoms with Crippen LogP contribution in [0, 0.1) is 12.7 Å². The van der Waals surface area contributed by atoms with Gasteiger partial charge in [0.05, 0.1) is 0 Å². The van der Waals surface area contributed by atoms with E-state index in [1.165, 1.54) is 0 Å². The maximum absolute atomic E-state index is 14.0. The second-order valence-electron chi connectivity index (χ2n) is 6.08. The van der Waals surface area contributed by atoms with Gasteiger partial charge >= 0.3 is 0 Å². The first kappa shape index (κ1) is 18.0. The van der Waals surface area contributed by atoms with Crippen LogP contribution in [0.1, 0.15) is 64.1 Å². The van der Waals surface area contributed by atoms with Crippen LogP contribution < -0.4 is 10.2 Å². The fourth-order valence-corrected chi connectivity index (χ4v) is 2.65. The molecule has 0 radical (unpaired) electrons. The lowest BCUT2D eigenvalue weighted by Crippen LogP contribution is -2.31. The molecule has 0 aromatic heterocycles. The largest absolute Gasteiger partial charge is 0.372 e. The lowest BCUT2D eigenvalue weighted by Gasteiger charge is -2.31. The van der Waals surface area contributed by atoms with Gasteiger partial charge in [0.15, 0.2) is 0 Å². The number of nitrogens with zero attached hydrogens (tertiary/aromatic N) is 1. The van der Waals surface area contributed by atoms with Gasteiger partial charge in [-0.15, -0.1) is 0 Å².